The lowest BCUT2D eigenvalue weighted by Crippen LogP contribution is -2.38. The lowest BCUT2D eigenvalue weighted by molar-refractivity contribution is -0.121. The summed E-state index contributed by atoms with van der Waals surface area (Å²) in [7, 11) is 0. The van der Waals surface area contributed by atoms with Crippen molar-refractivity contribution < 1.29 is 19.1 Å². The monoisotopic (exact) mass is 516 g/mol. The van der Waals surface area contributed by atoms with E-state index in [1.807, 2.05) is 12.1 Å². The highest BCUT2D eigenvalue weighted by atomic mass is 35.5. The second kappa shape index (κ2) is 8.62. The van der Waals surface area contributed by atoms with Crippen molar-refractivity contribution in [1.29, 1.82) is 10.5 Å². The first kappa shape index (κ1) is 23.3. The van der Waals surface area contributed by atoms with Gasteiger partial charge in [0.15, 0.2) is 11.5 Å². The number of carbonyl (C=O) groups is 2. The smallest absolute Gasteiger partial charge is 0.229 e. The van der Waals surface area contributed by atoms with Crippen molar-refractivity contribution in [1.82, 2.24) is 0 Å². The summed E-state index contributed by atoms with van der Waals surface area (Å²) in [6.07, 6.45) is 0. The van der Waals surface area contributed by atoms with Gasteiger partial charge in [0, 0.05) is 10.0 Å². The van der Waals surface area contributed by atoms with E-state index >= 15 is 0 Å². The van der Waals surface area contributed by atoms with E-state index in [4.69, 9.17) is 44.1 Å². The van der Waals surface area contributed by atoms with Crippen LogP contribution in [0.2, 0.25) is 10.0 Å². The van der Waals surface area contributed by atoms with Gasteiger partial charge >= 0.3 is 0 Å². The molecule has 2 aromatic rings. The average Bonchev–Trinajstić information content (AvgIpc) is 2.87. The minimum atomic E-state index is -1.01. The Morgan fingerprint density at radius 1 is 0.667 bits per heavy atom. The number of ketones is 2. The molecule has 0 fully saturated rings. The number of nitriles is 2. The van der Waals surface area contributed by atoms with Gasteiger partial charge in [-0.1, -0.05) is 47.5 Å². The Kier molecular flexibility index (Phi) is 5.57. The third-order valence-electron chi connectivity index (χ3n) is 6.15. The van der Waals surface area contributed by atoms with Gasteiger partial charge in [-0.3, -0.25) is 9.59 Å². The Balaban J connectivity index is 1.71. The molecule has 0 spiro atoms. The molecule has 2 unspecified atom stereocenters. The molecule has 0 saturated carbocycles. The van der Waals surface area contributed by atoms with Gasteiger partial charge in [-0.25, -0.2) is 0 Å². The van der Waals surface area contributed by atoms with E-state index in [0.717, 1.165) is 0 Å². The van der Waals surface area contributed by atoms with Crippen LogP contribution in [0.3, 0.4) is 0 Å². The van der Waals surface area contributed by atoms with E-state index in [2.05, 4.69) is 0 Å². The number of nitrogens with zero attached hydrogens (tertiary/aromatic N) is 2. The highest BCUT2D eigenvalue weighted by Crippen LogP contribution is 2.49. The molecule has 0 bridgehead atoms. The van der Waals surface area contributed by atoms with E-state index in [0.29, 0.717) is 21.2 Å². The Morgan fingerprint density at radius 2 is 1.00 bits per heavy atom. The molecular weight excluding hydrogens is 503 g/mol. The number of hydrogen-bond donors (Lipinski definition) is 2. The lowest BCUT2D eigenvalue weighted by atomic mass is 9.72. The Hall–Kier alpha value is -4.50. The zero-order chi connectivity index (χ0) is 25.7. The third-order valence-corrected chi connectivity index (χ3v) is 6.65. The molecule has 2 aliphatic heterocycles. The highest BCUT2D eigenvalue weighted by Gasteiger charge is 2.50. The number of carbonyl (C=O) groups excluding carboxylic acids is 2. The van der Waals surface area contributed by atoms with Gasteiger partial charge in [0.05, 0.1) is 23.0 Å². The first-order chi connectivity index (χ1) is 17.3. The Labute approximate surface area is 214 Å². The van der Waals surface area contributed by atoms with Crippen LogP contribution in [-0.2, 0) is 19.1 Å². The van der Waals surface area contributed by atoms with E-state index in [9.17, 15) is 20.1 Å². The third kappa shape index (κ3) is 3.44. The molecule has 5 rings (SSSR count). The molecule has 3 aliphatic rings. The minimum Gasteiger partial charge on any atom is -0.436 e. The van der Waals surface area contributed by atoms with Crippen LogP contribution in [0, 0.1) is 22.7 Å². The van der Waals surface area contributed by atoms with Crippen LogP contribution >= 0.6 is 23.2 Å². The number of ether oxygens (including phenoxy) is 2. The standard InChI is InChI=1S/C26H14Cl2N4O4/c27-13-5-1-11(2-6-13)17-15(9-29)25(31)35-23-19(17)21(33)24-20(22(23)34)18(16(10-30)26(32)36-24)12-3-7-14(28)8-4-12/h1-8,17-18H,31-32H2. The van der Waals surface area contributed by atoms with Crippen LogP contribution in [0.5, 0.6) is 0 Å². The largest absolute Gasteiger partial charge is 0.436 e. The van der Waals surface area contributed by atoms with E-state index < -0.39 is 23.4 Å². The van der Waals surface area contributed by atoms with Crippen molar-refractivity contribution in [3.63, 3.8) is 0 Å². The van der Waals surface area contributed by atoms with Crippen molar-refractivity contribution in [2.75, 3.05) is 0 Å². The fourth-order valence-corrected chi connectivity index (χ4v) is 4.79. The maximum Gasteiger partial charge on any atom is 0.229 e. The molecule has 0 radical (unpaired) electrons. The van der Waals surface area contributed by atoms with Crippen molar-refractivity contribution >= 4 is 34.8 Å². The SMILES string of the molecule is N#CC1=C(N)OC2=C(C(=O)C3=C(C2=O)C(c2ccc(Cl)cc2)C(C#N)=C(N)O3)C1c1ccc(Cl)cc1. The Morgan fingerprint density at radius 3 is 1.31 bits per heavy atom. The summed E-state index contributed by atoms with van der Waals surface area (Å²) >= 11 is 12.0. The topological polar surface area (TPSA) is 152 Å². The molecule has 4 N–H and O–H groups in total. The van der Waals surface area contributed by atoms with Crippen LogP contribution in [0.15, 0.2) is 94.1 Å². The molecule has 36 heavy (non-hydrogen) atoms. The van der Waals surface area contributed by atoms with E-state index in [-0.39, 0.29) is 45.6 Å². The molecule has 8 nitrogen and oxygen atoms in total. The summed E-state index contributed by atoms with van der Waals surface area (Å²) < 4.78 is 11.2. The summed E-state index contributed by atoms with van der Waals surface area (Å²) in [6.45, 7) is 0. The van der Waals surface area contributed by atoms with Gasteiger partial charge in [-0.15, -0.1) is 0 Å². The fraction of sp³-hybridized carbons (Fsp3) is 0.0769. The van der Waals surface area contributed by atoms with Crippen molar-refractivity contribution in [3.8, 4) is 12.1 Å². The zero-order valence-corrected chi connectivity index (χ0v) is 19.7. The maximum atomic E-state index is 13.9. The summed E-state index contributed by atoms with van der Waals surface area (Å²) in [5.41, 5.74) is 12.7. The normalized spacial score (nSPS) is 21.3. The van der Waals surface area contributed by atoms with Crippen LogP contribution in [0.25, 0.3) is 0 Å². The van der Waals surface area contributed by atoms with Crippen molar-refractivity contribution in [3.05, 3.63) is 115 Å². The predicted octanol–water partition coefficient (Wildman–Crippen LogP) is 3.97. The second-order valence-electron chi connectivity index (χ2n) is 8.10. The average molecular weight is 517 g/mol. The molecule has 0 saturated heterocycles. The first-order valence-electron chi connectivity index (χ1n) is 10.5. The molecular formula is C26H14Cl2N4O4. The van der Waals surface area contributed by atoms with Crippen LogP contribution in [-0.4, -0.2) is 11.6 Å². The van der Waals surface area contributed by atoms with Crippen LogP contribution in [0.1, 0.15) is 23.0 Å². The number of nitrogens with two attached hydrogens (primary N) is 2. The molecule has 0 amide bonds. The van der Waals surface area contributed by atoms with Gasteiger partial charge < -0.3 is 20.9 Å². The molecule has 10 heteroatoms. The van der Waals surface area contributed by atoms with Gasteiger partial charge in [-0.2, -0.15) is 10.5 Å². The molecule has 0 aromatic heterocycles. The summed E-state index contributed by atoms with van der Waals surface area (Å²) in [4.78, 5) is 27.8. The summed E-state index contributed by atoms with van der Waals surface area (Å²) in [6, 6.07) is 16.8. The number of benzene rings is 2. The quantitative estimate of drug-likeness (QED) is 0.568. The molecule has 176 valence electrons. The van der Waals surface area contributed by atoms with E-state index in [1.165, 1.54) is 0 Å². The van der Waals surface area contributed by atoms with Crippen LogP contribution in [0.4, 0.5) is 0 Å². The summed E-state index contributed by atoms with van der Waals surface area (Å²) in [5, 5.41) is 20.5. The number of rotatable bonds is 2. The van der Waals surface area contributed by atoms with Crippen molar-refractivity contribution in [2.24, 2.45) is 11.5 Å². The molecule has 2 heterocycles. The maximum absolute atomic E-state index is 13.9. The number of halogens is 2. The molecule has 2 aromatic carbocycles. The van der Waals surface area contributed by atoms with Crippen LogP contribution < -0.4 is 11.5 Å². The second-order valence-corrected chi connectivity index (χ2v) is 8.97. The predicted molar refractivity (Wildman–Crippen MR) is 128 cm³/mol. The fourth-order valence-electron chi connectivity index (χ4n) is 4.54. The number of hydrogen-bond acceptors (Lipinski definition) is 8. The first-order valence-corrected chi connectivity index (χ1v) is 11.3. The van der Waals surface area contributed by atoms with Crippen molar-refractivity contribution in [2.45, 2.75) is 11.8 Å². The lowest BCUT2D eigenvalue weighted by Gasteiger charge is -2.35. The Bertz CT molecular complexity index is 1450. The number of allylic oxidation sites excluding steroid dienone is 4. The number of Topliss-reactive ketones (excluding diaryl/α,β-unsaturated/α-hetero) is 2. The minimum absolute atomic E-state index is 0.0486. The van der Waals surface area contributed by atoms with E-state index in [1.54, 1.807) is 48.5 Å². The summed E-state index contributed by atoms with van der Waals surface area (Å²) in [5.74, 6) is -4.74. The molecule has 2 atom stereocenters. The highest BCUT2D eigenvalue weighted by molar-refractivity contribution is 6.31. The van der Waals surface area contributed by atoms with Gasteiger partial charge in [0.25, 0.3) is 0 Å². The molecule has 1 aliphatic carbocycles. The van der Waals surface area contributed by atoms with Gasteiger partial charge in [0.2, 0.25) is 23.3 Å². The van der Waals surface area contributed by atoms with Gasteiger partial charge in [-0.05, 0) is 35.4 Å². The van der Waals surface area contributed by atoms with Gasteiger partial charge in [0.1, 0.15) is 23.3 Å². The zero-order valence-electron chi connectivity index (χ0n) is 18.2.